The number of hydrogen-bond donors (Lipinski definition) is 2. The summed E-state index contributed by atoms with van der Waals surface area (Å²) in [5.74, 6) is -0.310. The van der Waals surface area contributed by atoms with E-state index in [4.69, 9.17) is 15.6 Å². The van der Waals surface area contributed by atoms with Gasteiger partial charge >= 0.3 is 5.97 Å². The SMILES string of the molecule is NC1COc2c(Br)cc(C(=O)O)cc21. The first-order valence-corrected chi connectivity index (χ1v) is 4.84. The average molecular weight is 258 g/mol. The van der Waals surface area contributed by atoms with Crippen molar-refractivity contribution in [2.45, 2.75) is 6.04 Å². The van der Waals surface area contributed by atoms with Gasteiger partial charge < -0.3 is 15.6 Å². The average Bonchev–Trinajstić information content (AvgIpc) is 2.48. The van der Waals surface area contributed by atoms with E-state index in [9.17, 15) is 4.79 Å². The molecule has 1 aliphatic rings. The van der Waals surface area contributed by atoms with E-state index in [0.29, 0.717) is 16.8 Å². The maximum absolute atomic E-state index is 10.8. The lowest BCUT2D eigenvalue weighted by atomic mass is 10.1. The van der Waals surface area contributed by atoms with Crippen LogP contribution in [0.5, 0.6) is 5.75 Å². The number of aromatic carboxylic acids is 1. The zero-order chi connectivity index (χ0) is 10.3. The zero-order valence-electron chi connectivity index (χ0n) is 7.16. The maximum Gasteiger partial charge on any atom is 0.335 e. The Kier molecular flexibility index (Phi) is 2.20. The molecule has 0 amide bonds. The molecule has 1 aromatic rings. The second kappa shape index (κ2) is 3.25. The third-order valence-electron chi connectivity index (χ3n) is 2.13. The Morgan fingerprint density at radius 2 is 2.36 bits per heavy atom. The van der Waals surface area contributed by atoms with Crippen LogP contribution in [0, 0.1) is 0 Å². The maximum atomic E-state index is 10.8. The highest BCUT2D eigenvalue weighted by molar-refractivity contribution is 9.10. The number of ether oxygens (including phenoxy) is 1. The quantitative estimate of drug-likeness (QED) is 0.801. The molecule has 2 rings (SSSR count). The minimum absolute atomic E-state index is 0.219. The number of halogens is 1. The molecule has 0 spiro atoms. The summed E-state index contributed by atoms with van der Waals surface area (Å²) in [6.07, 6.45) is 0. The first-order valence-electron chi connectivity index (χ1n) is 4.04. The van der Waals surface area contributed by atoms with Crippen LogP contribution in [-0.2, 0) is 0 Å². The summed E-state index contributed by atoms with van der Waals surface area (Å²) in [7, 11) is 0. The molecule has 3 N–H and O–H groups in total. The van der Waals surface area contributed by atoms with Crippen molar-refractivity contribution < 1.29 is 14.6 Å². The Morgan fingerprint density at radius 1 is 1.64 bits per heavy atom. The van der Waals surface area contributed by atoms with Crippen LogP contribution in [0.15, 0.2) is 16.6 Å². The number of carboxylic acid groups (broad SMARTS) is 1. The van der Waals surface area contributed by atoms with Gasteiger partial charge in [0.05, 0.1) is 16.1 Å². The summed E-state index contributed by atoms with van der Waals surface area (Å²) in [5, 5.41) is 8.82. The van der Waals surface area contributed by atoms with Gasteiger partial charge in [0.2, 0.25) is 0 Å². The molecule has 0 bridgehead atoms. The van der Waals surface area contributed by atoms with Crippen molar-refractivity contribution in [3.8, 4) is 5.75 Å². The van der Waals surface area contributed by atoms with Gasteiger partial charge in [0.25, 0.3) is 0 Å². The highest BCUT2D eigenvalue weighted by Crippen LogP contribution is 2.38. The van der Waals surface area contributed by atoms with Gasteiger partial charge in [-0.1, -0.05) is 0 Å². The summed E-state index contributed by atoms with van der Waals surface area (Å²) in [4.78, 5) is 10.8. The summed E-state index contributed by atoms with van der Waals surface area (Å²) >= 11 is 3.25. The van der Waals surface area contributed by atoms with E-state index in [2.05, 4.69) is 15.9 Å². The number of nitrogens with two attached hydrogens (primary N) is 1. The van der Waals surface area contributed by atoms with Crippen LogP contribution in [0.3, 0.4) is 0 Å². The Labute approximate surface area is 88.8 Å². The molecule has 5 heteroatoms. The number of hydrogen-bond acceptors (Lipinski definition) is 3. The van der Waals surface area contributed by atoms with Crippen LogP contribution < -0.4 is 10.5 Å². The van der Waals surface area contributed by atoms with Gasteiger partial charge in [0.15, 0.2) is 0 Å². The van der Waals surface area contributed by atoms with Crippen molar-refractivity contribution in [1.82, 2.24) is 0 Å². The van der Waals surface area contributed by atoms with Gasteiger partial charge in [-0.05, 0) is 28.1 Å². The number of fused-ring (bicyclic) bond motifs is 1. The first kappa shape index (κ1) is 9.48. The van der Waals surface area contributed by atoms with Crippen molar-refractivity contribution in [1.29, 1.82) is 0 Å². The molecule has 1 aromatic carbocycles. The molecule has 1 unspecified atom stereocenters. The molecule has 1 atom stereocenters. The molecular weight excluding hydrogens is 250 g/mol. The lowest BCUT2D eigenvalue weighted by Gasteiger charge is -2.04. The van der Waals surface area contributed by atoms with Crippen LogP contribution in [0.25, 0.3) is 0 Å². The van der Waals surface area contributed by atoms with Gasteiger partial charge in [0.1, 0.15) is 12.4 Å². The van der Waals surface area contributed by atoms with Gasteiger partial charge in [0, 0.05) is 5.56 Å². The Bertz CT molecular complexity index is 405. The lowest BCUT2D eigenvalue weighted by Crippen LogP contribution is -2.11. The Morgan fingerprint density at radius 3 is 3.00 bits per heavy atom. The molecule has 1 heterocycles. The monoisotopic (exact) mass is 257 g/mol. The van der Waals surface area contributed by atoms with Crippen LogP contribution >= 0.6 is 15.9 Å². The standard InChI is InChI=1S/C9H8BrNO3/c10-6-2-4(9(12)13)1-5-7(11)3-14-8(5)6/h1-2,7H,3,11H2,(H,12,13). The summed E-state index contributed by atoms with van der Waals surface area (Å²) < 4.78 is 5.95. The van der Waals surface area contributed by atoms with E-state index in [1.54, 1.807) is 6.07 Å². The predicted molar refractivity (Wildman–Crippen MR) is 53.5 cm³/mol. The fourth-order valence-electron chi connectivity index (χ4n) is 1.43. The topological polar surface area (TPSA) is 72.5 Å². The number of rotatable bonds is 1. The van der Waals surface area contributed by atoms with Crippen molar-refractivity contribution in [2.75, 3.05) is 6.61 Å². The second-order valence-electron chi connectivity index (χ2n) is 3.10. The molecule has 0 fully saturated rings. The van der Waals surface area contributed by atoms with E-state index < -0.39 is 5.97 Å². The normalized spacial score (nSPS) is 18.9. The third kappa shape index (κ3) is 1.38. The van der Waals surface area contributed by atoms with Crippen LogP contribution in [0.1, 0.15) is 22.0 Å². The Hall–Kier alpha value is -1.07. The molecule has 14 heavy (non-hydrogen) atoms. The van der Waals surface area contributed by atoms with E-state index in [1.165, 1.54) is 6.07 Å². The van der Waals surface area contributed by atoms with E-state index in [1.807, 2.05) is 0 Å². The van der Waals surface area contributed by atoms with Crippen molar-refractivity contribution in [3.05, 3.63) is 27.7 Å². The molecule has 0 radical (unpaired) electrons. The van der Waals surface area contributed by atoms with Crippen LogP contribution in [0.2, 0.25) is 0 Å². The van der Waals surface area contributed by atoms with Crippen LogP contribution in [0.4, 0.5) is 0 Å². The molecular formula is C9H8BrNO3. The number of benzene rings is 1. The van der Waals surface area contributed by atoms with Crippen molar-refractivity contribution >= 4 is 21.9 Å². The Balaban J connectivity index is 2.58. The molecule has 0 saturated heterocycles. The van der Waals surface area contributed by atoms with E-state index in [0.717, 1.165) is 5.56 Å². The van der Waals surface area contributed by atoms with Crippen molar-refractivity contribution in [2.24, 2.45) is 5.73 Å². The summed E-state index contributed by atoms with van der Waals surface area (Å²) in [5.41, 5.74) is 6.71. The van der Waals surface area contributed by atoms with Gasteiger partial charge in [-0.3, -0.25) is 0 Å². The van der Waals surface area contributed by atoms with Gasteiger partial charge in [-0.15, -0.1) is 0 Å². The summed E-state index contributed by atoms with van der Waals surface area (Å²) in [6, 6.07) is 2.83. The second-order valence-corrected chi connectivity index (χ2v) is 3.95. The largest absolute Gasteiger partial charge is 0.490 e. The van der Waals surface area contributed by atoms with E-state index in [-0.39, 0.29) is 11.6 Å². The minimum Gasteiger partial charge on any atom is -0.490 e. The van der Waals surface area contributed by atoms with Crippen molar-refractivity contribution in [3.63, 3.8) is 0 Å². The zero-order valence-corrected chi connectivity index (χ0v) is 8.74. The summed E-state index contributed by atoms with van der Waals surface area (Å²) in [6.45, 7) is 0.400. The highest BCUT2D eigenvalue weighted by atomic mass is 79.9. The highest BCUT2D eigenvalue weighted by Gasteiger charge is 2.24. The predicted octanol–water partition coefficient (Wildman–Crippen LogP) is 1.54. The lowest BCUT2D eigenvalue weighted by molar-refractivity contribution is 0.0696. The smallest absolute Gasteiger partial charge is 0.335 e. The molecule has 0 aromatic heterocycles. The minimum atomic E-state index is -0.965. The molecule has 4 nitrogen and oxygen atoms in total. The molecule has 0 saturated carbocycles. The number of carboxylic acids is 1. The number of carbonyl (C=O) groups is 1. The first-order chi connectivity index (χ1) is 6.59. The van der Waals surface area contributed by atoms with E-state index >= 15 is 0 Å². The van der Waals surface area contributed by atoms with Crippen LogP contribution in [-0.4, -0.2) is 17.7 Å². The fraction of sp³-hybridized carbons (Fsp3) is 0.222. The molecule has 74 valence electrons. The van der Waals surface area contributed by atoms with Gasteiger partial charge in [-0.2, -0.15) is 0 Å². The fourth-order valence-corrected chi connectivity index (χ4v) is 2.02. The molecule has 0 aliphatic carbocycles. The molecule has 1 aliphatic heterocycles. The third-order valence-corrected chi connectivity index (χ3v) is 2.72. The van der Waals surface area contributed by atoms with Gasteiger partial charge in [-0.25, -0.2) is 4.79 Å².